The third-order valence-electron chi connectivity index (χ3n) is 3.01. The molecule has 1 atom stereocenters. The van der Waals surface area contributed by atoms with Crippen LogP contribution in [-0.2, 0) is 29.9 Å². The summed E-state index contributed by atoms with van der Waals surface area (Å²) < 4.78 is 27.4. The van der Waals surface area contributed by atoms with Gasteiger partial charge in [-0.25, -0.2) is 8.42 Å². The standard InChI is InChI=1S/C13H17NO5S3/c15-12(14-10-3-5-22(17,18)9-10)6-19-13(16)8-20-7-11-2-1-4-21-11/h1-2,4,10H,3,5-9H2,(H,14,15)/t10-/m1/s1. The number of hydrogen-bond donors (Lipinski definition) is 1. The summed E-state index contributed by atoms with van der Waals surface area (Å²) in [6.45, 7) is -0.366. The topological polar surface area (TPSA) is 89.5 Å². The van der Waals surface area contributed by atoms with Gasteiger partial charge in [0.2, 0.25) is 0 Å². The molecule has 6 nitrogen and oxygen atoms in total. The fraction of sp³-hybridized carbons (Fsp3) is 0.538. The fourth-order valence-corrected chi connectivity index (χ4v) is 5.33. The third-order valence-corrected chi connectivity index (χ3v) is 6.79. The van der Waals surface area contributed by atoms with Crippen molar-refractivity contribution in [1.29, 1.82) is 0 Å². The molecule has 2 heterocycles. The van der Waals surface area contributed by atoms with Crippen molar-refractivity contribution in [2.24, 2.45) is 0 Å². The lowest BCUT2D eigenvalue weighted by Gasteiger charge is -2.10. The highest BCUT2D eigenvalue weighted by Gasteiger charge is 2.28. The Morgan fingerprint density at radius 3 is 2.91 bits per heavy atom. The normalized spacial score (nSPS) is 19.7. The summed E-state index contributed by atoms with van der Waals surface area (Å²) in [5.74, 6) is 0.0666. The van der Waals surface area contributed by atoms with Gasteiger partial charge in [-0.05, 0) is 17.9 Å². The van der Waals surface area contributed by atoms with Crippen molar-refractivity contribution in [3.05, 3.63) is 22.4 Å². The average molecular weight is 363 g/mol. The van der Waals surface area contributed by atoms with Crippen LogP contribution in [0.4, 0.5) is 0 Å². The van der Waals surface area contributed by atoms with E-state index in [1.807, 2.05) is 17.5 Å². The third kappa shape index (κ3) is 5.98. The van der Waals surface area contributed by atoms with Gasteiger partial charge in [-0.3, -0.25) is 9.59 Å². The Hall–Kier alpha value is -1.06. The lowest BCUT2D eigenvalue weighted by atomic mass is 10.2. The van der Waals surface area contributed by atoms with Crippen molar-refractivity contribution in [2.75, 3.05) is 23.9 Å². The highest BCUT2D eigenvalue weighted by Crippen LogP contribution is 2.17. The van der Waals surface area contributed by atoms with Crippen LogP contribution in [0.1, 0.15) is 11.3 Å². The predicted molar refractivity (Wildman–Crippen MR) is 86.6 cm³/mol. The number of amides is 1. The van der Waals surface area contributed by atoms with Crippen molar-refractivity contribution in [3.8, 4) is 0 Å². The van der Waals surface area contributed by atoms with Crippen LogP contribution in [0.3, 0.4) is 0 Å². The smallest absolute Gasteiger partial charge is 0.316 e. The molecule has 0 radical (unpaired) electrons. The molecule has 1 aromatic heterocycles. The van der Waals surface area contributed by atoms with E-state index in [4.69, 9.17) is 4.74 Å². The van der Waals surface area contributed by atoms with Gasteiger partial charge in [-0.2, -0.15) is 0 Å². The Morgan fingerprint density at radius 2 is 2.27 bits per heavy atom. The molecular formula is C13H17NO5S3. The zero-order valence-electron chi connectivity index (χ0n) is 11.8. The minimum absolute atomic E-state index is 0.0383. The predicted octanol–water partition coefficient (Wildman–Crippen LogP) is 0.828. The van der Waals surface area contributed by atoms with Gasteiger partial charge in [0.05, 0.1) is 17.3 Å². The number of ether oxygens (including phenoxy) is 1. The molecule has 0 saturated carbocycles. The van der Waals surface area contributed by atoms with Gasteiger partial charge in [0.1, 0.15) is 0 Å². The van der Waals surface area contributed by atoms with E-state index in [2.05, 4.69) is 5.32 Å². The molecule has 1 amide bonds. The Morgan fingerprint density at radius 1 is 1.45 bits per heavy atom. The van der Waals surface area contributed by atoms with Crippen LogP contribution >= 0.6 is 23.1 Å². The second-order valence-corrected chi connectivity index (χ2v) is 9.15. The number of esters is 1. The number of sulfone groups is 1. The van der Waals surface area contributed by atoms with Gasteiger partial charge < -0.3 is 10.1 Å². The van der Waals surface area contributed by atoms with Crippen LogP contribution in [0.15, 0.2) is 17.5 Å². The van der Waals surface area contributed by atoms with E-state index in [-0.39, 0.29) is 29.9 Å². The molecular weight excluding hydrogens is 346 g/mol. The van der Waals surface area contributed by atoms with Crippen LogP contribution in [0.2, 0.25) is 0 Å². The summed E-state index contributed by atoms with van der Waals surface area (Å²) in [6.07, 6.45) is 0.415. The molecule has 1 N–H and O–H groups in total. The van der Waals surface area contributed by atoms with Crippen LogP contribution in [0.5, 0.6) is 0 Å². The zero-order valence-corrected chi connectivity index (χ0v) is 14.3. The molecule has 122 valence electrons. The molecule has 1 aliphatic heterocycles. The van der Waals surface area contributed by atoms with E-state index in [1.165, 1.54) is 16.6 Å². The highest BCUT2D eigenvalue weighted by atomic mass is 32.2. The molecule has 22 heavy (non-hydrogen) atoms. The first-order chi connectivity index (χ1) is 10.4. The van der Waals surface area contributed by atoms with Crippen LogP contribution in [0, 0.1) is 0 Å². The molecule has 1 aliphatic rings. The first kappa shape index (κ1) is 17.3. The maximum absolute atomic E-state index is 11.6. The van der Waals surface area contributed by atoms with Crippen LogP contribution in [0.25, 0.3) is 0 Å². The minimum Gasteiger partial charge on any atom is -0.455 e. The Balaban J connectivity index is 1.58. The Bertz CT molecular complexity index is 612. The summed E-state index contributed by atoms with van der Waals surface area (Å²) in [6, 6.07) is 3.57. The lowest BCUT2D eigenvalue weighted by Crippen LogP contribution is -2.38. The van der Waals surface area contributed by atoms with E-state index in [9.17, 15) is 18.0 Å². The van der Waals surface area contributed by atoms with Crippen molar-refractivity contribution < 1.29 is 22.7 Å². The summed E-state index contributed by atoms with van der Waals surface area (Å²) in [7, 11) is -3.03. The summed E-state index contributed by atoms with van der Waals surface area (Å²) in [4.78, 5) is 24.3. The molecule has 0 bridgehead atoms. The van der Waals surface area contributed by atoms with E-state index in [0.29, 0.717) is 6.42 Å². The van der Waals surface area contributed by atoms with Crippen LogP contribution < -0.4 is 5.32 Å². The lowest BCUT2D eigenvalue weighted by molar-refractivity contribution is -0.146. The van der Waals surface area contributed by atoms with Gasteiger partial charge in [0.25, 0.3) is 5.91 Å². The summed E-state index contributed by atoms with van der Waals surface area (Å²) in [5.41, 5.74) is 0. The van der Waals surface area contributed by atoms with Crippen molar-refractivity contribution >= 4 is 44.8 Å². The summed E-state index contributed by atoms with van der Waals surface area (Å²) >= 11 is 3.05. The number of thiophene rings is 1. The first-order valence-corrected chi connectivity index (χ1v) is 10.6. The zero-order chi connectivity index (χ0) is 16.0. The molecule has 1 fully saturated rings. The van der Waals surface area contributed by atoms with E-state index in [0.717, 1.165) is 5.75 Å². The van der Waals surface area contributed by atoms with Crippen LogP contribution in [-0.4, -0.2) is 50.2 Å². The van der Waals surface area contributed by atoms with Crippen molar-refractivity contribution in [3.63, 3.8) is 0 Å². The molecule has 0 aromatic carbocycles. The van der Waals surface area contributed by atoms with E-state index < -0.39 is 21.7 Å². The average Bonchev–Trinajstić information content (AvgIpc) is 3.06. The van der Waals surface area contributed by atoms with Gasteiger partial charge in [0.15, 0.2) is 16.4 Å². The fourth-order valence-electron chi connectivity index (χ4n) is 2.00. The van der Waals surface area contributed by atoms with E-state index in [1.54, 1.807) is 11.3 Å². The molecule has 0 spiro atoms. The maximum Gasteiger partial charge on any atom is 0.316 e. The number of carbonyl (C=O) groups excluding carboxylic acids is 2. The SMILES string of the molecule is O=C(COC(=O)CSCc1cccs1)N[C@@H]1CCS(=O)(=O)C1. The second kappa shape index (κ2) is 7.98. The van der Waals surface area contributed by atoms with Crippen molar-refractivity contribution in [1.82, 2.24) is 5.32 Å². The molecule has 0 unspecified atom stereocenters. The number of nitrogens with one attached hydrogen (secondary N) is 1. The summed E-state index contributed by atoms with van der Waals surface area (Å²) in [5, 5.41) is 4.54. The largest absolute Gasteiger partial charge is 0.455 e. The maximum atomic E-state index is 11.6. The molecule has 1 aromatic rings. The van der Waals surface area contributed by atoms with Gasteiger partial charge in [-0.15, -0.1) is 23.1 Å². The van der Waals surface area contributed by atoms with Gasteiger partial charge >= 0.3 is 5.97 Å². The Labute approximate surface area is 137 Å². The minimum atomic E-state index is -3.03. The van der Waals surface area contributed by atoms with E-state index >= 15 is 0 Å². The highest BCUT2D eigenvalue weighted by molar-refractivity contribution is 7.99. The number of carbonyl (C=O) groups is 2. The number of rotatable bonds is 7. The number of hydrogen-bond acceptors (Lipinski definition) is 7. The number of thioether (sulfide) groups is 1. The quantitative estimate of drug-likeness (QED) is 0.722. The molecule has 2 rings (SSSR count). The first-order valence-electron chi connectivity index (χ1n) is 6.70. The molecule has 1 saturated heterocycles. The van der Waals surface area contributed by atoms with Gasteiger partial charge in [0, 0.05) is 16.7 Å². The monoisotopic (exact) mass is 363 g/mol. The van der Waals surface area contributed by atoms with Gasteiger partial charge in [-0.1, -0.05) is 6.07 Å². The second-order valence-electron chi connectivity index (χ2n) is 4.90. The molecule has 9 heteroatoms. The Kier molecular flexibility index (Phi) is 6.27. The van der Waals surface area contributed by atoms with Crippen molar-refractivity contribution in [2.45, 2.75) is 18.2 Å². The molecule has 0 aliphatic carbocycles.